The third kappa shape index (κ3) is 2.82. The molecule has 20 heavy (non-hydrogen) atoms. The Labute approximate surface area is 115 Å². The molecule has 0 aliphatic carbocycles. The lowest BCUT2D eigenvalue weighted by Gasteiger charge is -2.07. The van der Waals surface area contributed by atoms with Gasteiger partial charge in [0.05, 0.1) is 11.3 Å². The highest BCUT2D eigenvalue weighted by Gasteiger charge is 2.18. The van der Waals surface area contributed by atoms with Gasteiger partial charge >= 0.3 is 0 Å². The maximum Gasteiger partial charge on any atom is 0.294 e. The Hall–Kier alpha value is -2.70. The molecule has 0 saturated carbocycles. The summed E-state index contributed by atoms with van der Waals surface area (Å²) >= 11 is 0. The number of nitrogens with zero attached hydrogens (tertiary/aromatic N) is 3. The van der Waals surface area contributed by atoms with E-state index < -0.39 is 4.92 Å². The minimum atomic E-state index is -0.508. The number of nitro groups is 1. The number of nitro benzene ring substituents is 1. The number of amides is 1. The van der Waals surface area contributed by atoms with Crippen molar-refractivity contribution >= 4 is 11.6 Å². The summed E-state index contributed by atoms with van der Waals surface area (Å²) in [6.07, 6.45) is 5.42. The van der Waals surface area contributed by atoms with Crippen molar-refractivity contribution in [3.63, 3.8) is 0 Å². The first-order valence-electron chi connectivity index (χ1n) is 6.18. The maximum atomic E-state index is 11.8. The quantitative estimate of drug-likeness (QED) is 0.666. The van der Waals surface area contributed by atoms with Crippen LogP contribution in [0.3, 0.4) is 0 Å². The first-order valence-corrected chi connectivity index (χ1v) is 6.18. The molecule has 1 aromatic carbocycles. The molecule has 0 spiro atoms. The van der Waals surface area contributed by atoms with E-state index in [2.05, 4.69) is 10.3 Å². The number of rotatable bonds is 5. The van der Waals surface area contributed by atoms with Crippen LogP contribution in [0.5, 0.6) is 0 Å². The molecule has 0 aliphatic heterocycles. The molecular formula is C13H14N4O3. The van der Waals surface area contributed by atoms with Crippen LogP contribution in [0.2, 0.25) is 0 Å². The molecule has 7 nitrogen and oxygen atoms in total. The standard InChI is InChI=1S/C13H14N4O3/c1-2-5-15-13(18)10-3-4-11(12(8-10)17(19)20)16-7-6-14-9-16/h3-4,6-9H,2,5H2,1H3,(H,15,18). The lowest BCUT2D eigenvalue weighted by atomic mass is 10.1. The van der Waals surface area contributed by atoms with Crippen molar-refractivity contribution in [2.75, 3.05) is 6.54 Å². The Kier molecular flexibility index (Phi) is 4.09. The third-order valence-electron chi connectivity index (χ3n) is 2.75. The monoisotopic (exact) mass is 274 g/mol. The van der Waals surface area contributed by atoms with Gasteiger partial charge in [-0.05, 0) is 18.6 Å². The second kappa shape index (κ2) is 5.96. The summed E-state index contributed by atoms with van der Waals surface area (Å²) in [5.41, 5.74) is 0.515. The molecule has 0 radical (unpaired) electrons. The molecule has 0 bridgehead atoms. The Bertz CT molecular complexity index is 623. The number of imidazole rings is 1. The SMILES string of the molecule is CCCNC(=O)c1ccc(-n2ccnc2)c([N+](=O)[O-])c1. The number of carbonyl (C=O) groups excluding carboxylic acids is 1. The van der Waals surface area contributed by atoms with Gasteiger partial charge in [0.1, 0.15) is 5.69 Å². The molecule has 0 fully saturated rings. The minimum Gasteiger partial charge on any atom is -0.352 e. The fraction of sp³-hybridized carbons (Fsp3) is 0.231. The molecule has 0 aliphatic rings. The van der Waals surface area contributed by atoms with Crippen LogP contribution in [0.4, 0.5) is 5.69 Å². The van der Waals surface area contributed by atoms with Crippen molar-refractivity contribution in [3.05, 3.63) is 52.6 Å². The van der Waals surface area contributed by atoms with Gasteiger partial charge in [0, 0.05) is 30.6 Å². The van der Waals surface area contributed by atoms with Gasteiger partial charge in [-0.25, -0.2) is 4.98 Å². The smallest absolute Gasteiger partial charge is 0.294 e. The maximum absolute atomic E-state index is 11.8. The lowest BCUT2D eigenvalue weighted by Crippen LogP contribution is -2.24. The van der Waals surface area contributed by atoms with Crippen LogP contribution in [0.25, 0.3) is 5.69 Å². The van der Waals surface area contributed by atoms with Gasteiger partial charge in [0.15, 0.2) is 0 Å². The van der Waals surface area contributed by atoms with Gasteiger partial charge in [-0.15, -0.1) is 0 Å². The van der Waals surface area contributed by atoms with E-state index in [4.69, 9.17) is 0 Å². The molecular weight excluding hydrogens is 260 g/mol. The highest BCUT2D eigenvalue weighted by molar-refractivity contribution is 5.95. The fourth-order valence-electron chi connectivity index (χ4n) is 1.77. The fourth-order valence-corrected chi connectivity index (χ4v) is 1.77. The number of hydrogen-bond donors (Lipinski definition) is 1. The molecule has 0 atom stereocenters. The zero-order valence-electron chi connectivity index (χ0n) is 10.9. The highest BCUT2D eigenvalue weighted by atomic mass is 16.6. The van der Waals surface area contributed by atoms with Gasteiger partial charge in [-0.2, -0.15) is 0 Å². The number of carbonyl (C=O) groups is 1. The van der Waals surface area contributed by atoms with Crippen molar-refractivity contribution in [1.29, 1.82) is 0 Å². The first-order chi connectivity index (χ1) is 9.63. The number of aromatic nitrogens is 2. The van der Waals surface area contributed by atoms with Crippen molar-refractivity contribution in [1.82, 2.24) is 14.9 Å². The summed E-state index contributed by atoms with van der Waals surface area (Å²) in [4.78, 5) is 26.3. The third-order valence-corrected chi connectivity index (χ3v) is 2.75. The molecule has 2 aromatic rings. The van der Waals surface area contributed by atoms with Gasteiger partial charge in [0.2, 0.25) is 0 Å². The largest absolute Gasteiger partial charge is 0.352 e. The van der Waals surface area contributed by atoms with Crippen LogP contribution in [-0.4, -0.2) is 26.9 Å². The molecule has 1 aromatic heterocycles. The number of hydrogen-bond acceptors (Lipinski definition) is 4. The zero-order chi connectivity index (χ0) is 14.5. The second-order valence-electron chi connectivity index (χ2n) is 4.19. The van der Waals surface area contributed by atoms with Gasteiger partial charge in [-0.1, -0.05) is 6.92 Å². The lowest BCUT2D eigenvalue weighted by molar-refractivity contribution is -0.384. The average molecular weight is 274 g/mol. The van der Waals surface area contributed by atoms with E-state index in [0.29, 0.717) is 12.2 Å². The molecule has 1 N–H and O–H groups in total. The van der Waals surface area contributed by atoms with Crippen molar-refractivity contribution in [2.45, 2.75) is 13.3 Å². The molecule has 1 heterocycles. The van der Waals surface area contributed by atoms with Crippen LogP contribution in [-0.2, 0) is 0 Å². The van der Waals surface area contributed by atoms with Crippen LogP contribution in [0, 0.1) is 10.1 Å². The first kappa shape index (κ1) is 13.7. The van der Waals surface area contributed by atoms with E-state index in [0.717, 1.165) is 6.42 Å². The molecule has 7 heteroatoms. The molecule has 0 unspecified atom stereocenters. The van der Waals surface area contributed by atoms with Crippen LogP contribution in [0.1, 0.15) is 23.7 Å². The van der Waals surface area contributed by atoms with Crippen LogP contribution in [0.15, 0.2) is 36.9 Å². The minimum absolute atomic E-state index is 0.132. The number of nitrogens with one attached hydrogen (secondary N) is 1. The molecule has 1 amide bonds. The summed E-state index contributed by atoms with van der Waals surface area (Å²) in [5.74, 6) is -0.313. The van der Waals surface area contributed by atoms with Gasteiger partial charge in [-0.3, -0.25) is 14.9 Å². The topological polar surface area (TPSA) is 90.1 Å². The molecule has 2 rings (SSSR count). The average Bonchev–Trinajstić information content (AvgIpc) is 2.98. The summed E-state index contributed by atoms with van der Waals surface area (Å²) in [7, 11) is 0. The second-order valence-corrected chi connectivity index (χ2v) is 4.19. The van der Waals surface area contributed by atoms with E-state index in [1.54, 1.807) is 18.3 Å². The van der Waals surface area contributed by atoms with Crippen LogP contribution >= 0.6 is 0 Å². The van der Waals surface area contributed by atoms with Gasteiger partial charge < -0.3 is 9.88 Å². The molecule has 104 valence electrons. The van der Waals surface area contributed by atoms with E-state index in [9.17, 15) is 14.9 Å². The normalized spacial score (nSPS) is 10.2. The number of benzene rings is 1. The van der Waals surface area contributed by atoms with Crippen molar-refractivity contribution < 1.29 is 9.72 Å². The van der Waals surface area contributed by atoms with Crippen molar-refractivity contribution in [3.8, 4) is 5.69 Å². The van der Waals surface area contributed by atoms with E-state index in [-0.39, 0.29) is 17.2 Å². The van der Waals surface area contributed by atoms with Gasteiger partial charge in [0.25, 0.3) is 11.6 Å². The van der Waals surface area contributed by atoms with Crippen LogP contribution < -0.4 is 5.32 Å². The predicted octanol–water partition coefficient (Wildman–Crippen LogP) is 1.92. The Morgan fingerprint density at radius 2 is 2.30 bits per heavy atom. The zero-order valence-corrected chi connectivity index (χ0v) is 10.9. The predicted molar refractivity (Wildman–Crippen MR) is 72.8 cm³/mol. The highest BCUT2D eigenvalue weighted by Crippen LogP contribution is 2.24. The summed E-state index contributed by atoms with van der Waals surface area (Å²) in [5, 5.41) is 13.8. The van der Waals surface area contributed by atoms with E-state index >= 15 is 0 Å². The Balaban J connectivity index is 2.38. The summed E-state index contributed by atoms with van der Waals surface area (Å²) in [6, 6.07) is 4.38. The summed E-state index contributed by atoms with van der Waals surface area (Å²) < 4.78 is 1.53. The Morgan fingerprint density at radius 1 is 1.50 bits per heavy atom. The van der Waals surface area contributed by atoms with E-state index in [1.807, 2.05) is 6.92 Å². The Morgan fingerprint density at radius 3 is 2.90 bits per heavy atom. The summed E-state index contributed by atoms with van der Waals surface area (Å²) in [6.45, 7) is 2.47. The molecule has 0 saturated heterocycles. The van der Waals surface area contributed by atoms with Crippen molar-refractivity contribution in [2.24, 2.45) is 0 Å². The van der Waals surface area contributed by atoms with E-state index in [1.165, 1.54) is 23.2 Å².